The average molecular weight is 255 g/mol. The Morgan fingerprint density at radius 1 is 1.47 bits per heavy atom. The van der Waals surface area contributed by atoms with Crippen LogP contribution in [0, 0.1) is 5.92 Å². The van der Waals surface area contributed by atoms with Crippen molar-refractivity contribution < 1.29 is 9.59 Å². The van der Waals surface area contributed by atoms with E-state index >= 15 is 0 Å². The van der Waals surface area contributed by atoms with Crippen LogP contribution in [0.3, 0.4) is 0 Å². The first-order chi connectivity index (χ1) is 8.16. The van der Waals surface area contributed by atoms with E-state index in [1.54, 1.807) is 0 Å². The molecule has 0 bridgehead atoms. The Morgan fingerprint density at radius 3 is 3.00 bits per heavy atom. The lowest BCUT2D eigenvalue weighted by molar-refractivity contribution is -0.135. The Bertz CT molecular complexity index is 363. The third kappa shape index (κ3) is 1.83. The summed E-state index contributed by atoms with van der Waals surface area (Å²) in [5.41, 5.74) is 0. The van der Waals surface area contributed by atoms with Gasteiger partial charge in [0.1, 0.15) is 6.04 Å². The van der Waals surface area contributed by atoms with Crippen LogP contribution in [0.15, 0.2) is 0 Å². The van der Waals surface area contributed by atoms with E-state index in [0.29, 0.717) is 23.8 Å². The number of thioether (sulfide) groups is 1. The van der Waals surface area contributed by atoms with Gasteiger partial charge in [0.2, 0.25) is 5.91 Å². The van der Waals surface area contributed by atoms with Crippen molar-refractivity contribution in [3.8, 4) is 0 Å². The lowest BCUT2D eigenvalue weighted by Crippen LogP contribution is -2.51. The van der Waals surface area contributed by atoms with Crippen LogP contribution < -0.4 is 10.6 Å². The molecule has 3 fully saturated rings. The highest BCUT2D eigenvalue weighted by Gasteiger charge is 2.46. The number of hydrogen-bond donors (Lipinski definition) is 2. The second-order valence-electron chi connectivity index (χ2n) is 5.11. The van der Waals surface area contributed by atoms with Crippen LogP contribution in [0.1, 0.15) is 13.3 Å². The fourth-order valence-electron chi connectivity index (χ4n) is 3.24. The maximum absolute atomic E-state index is 12.4. The minimum Gasteiger partial charge on any atom is -0.334 e. The number of likely N-dealkylation sites (tertiary alicyclic amines) is 1. The molecule has 0 aliphatic carbocycles. The van der Waals surface area contributed by atoms with E-state index in [-0.39, 0.29) is 17.2 Å². The van der Waals surface area contributed by atoms with Crippen LogP contribution in [-0.2, 0) is 4.79 Å². The number of carbonyl (C=O) groups is 2. The van der Waals surface area contributed by atoms with Crippen molar-refractivity contribution in [2.24, 2.45) is 5.92 Å². The molecule has 3 rings (SSSR count). The molecule has 6 heteroatoms. The number of nitrogens with one attached hydrogen (secondary N) is 2. The maximum Gasteiger partial charge on any atom is 0.279 e. The number of hydrogen-bond acceptors (Lipinski definition) is 4. The van der Waals surface area contributed by atoms with Crippen molar-refractivity contribution in [1.29, 1.82) is 0 Å². The largest absolute Gasteiger partial charge is 0.334 e. The van der Waals surface area contributed by atoms with Crippen molar-refractivity contribution in [3.63, 3.8) is 0 Å². The zero-order valence-corrected chi connectivity index (χ0v) is 10.6. The van der Waals surface area contributed by atoms with Gasteiger partial charge in [-0.25, -0.2) is 0 Å². The molecule has 0 aromatic carbocycles. The molecule has 0 saturated carbocycles. The fraction of sp³-hybridized carbons (Fsp3) is 0.818. The molecule has 0 aromatic rings. The van der Waals surface area contributed by atoms with Gasteiger partial charge in [-0.15, -0.1) is 0 Å². The number of nitrogens with zero attached hydrogens (tertiary/aromatic N) is 1. The smallest absolute Gasteiger partial charge is 0.279 e. The SMILES string of the molecule is CC1CC2CNCC2N1C(=O)C1CSC(=O)N1. The summed E-state index contributed by atoms with van der Waals surface area (Å²) in [6.07, 6.45) is 1.08. The molecular weight excluding hydrogens is 238 g/mol. The zero-order chi connectivity index (χ0) is 12.0. The molecule has 5 nitrogen and oxygen atoms in total. The standard InChI is InChI=1S/C11H17N3O2S/c1-6-2-7-3-12-4-9(7)14(6)10(15)8-5-17-11(16)13-8/h6-9,12H,2-5H2,1H3,(H,13,16). The first kappa shape index (κ1) is 11.3. The number of fused-ring (bicyclic) bond motifs is 1. The predicted octanol–water partition coefficient (Wildman–Crippen LogP) is 0.0202. The van der Waals surface area contributed by atoms with E-state index in [4.69, 9.17) is 0 Å². The summed E-state index contributed by atoms with van der Waals surface area (Å²) < 4.78 is 0. The van der Waals surface area contributed by atoms with Crippen LogP contribution in [0.25, 0.3) is 0 Å². The summed E-state index contributed by atoms with van der Waals surface area (Å²) in [4.78, 5) is 25.6. The minimum absolute atomic E-state index is 0.0729. The van der Waals surface area contributed by atoms with E-state index in [1.807, 2.05) is 4.90 Å². The van der Waals surface area contributed by atoms with E-state index in [2.05, 4.69) is 17.6 Å². The van der Waals surface area contributed by atoms with E-state index in [9.17, 15) is 9.59 Å². The molecule has 3 heterocycles. The van der Waals surface area contributed by atoms with Gasteiger partial charge in [-0.05, 0) is 19.3 Å². The quantitative estimate of drug-likeness (QED) is 0.693. The van der Waals surface area contributed by atoms with Crippen LogP contribution >= 0.6 is 11.8 Å². The first-order valence-electron chi connectivity index (χ1n) is 6.13. The van der Waals surface area contributed by atoms with Gasteiger partial charge < -0.3 is 15.5 Å². The lowest BCUT2D eigenvalue weighted by Gasteiger charge is -2.29. The maximum atomic E-state index is 12.4. The van der Waals surface area contributed by atoms with Crippen molar-refractivity contribution in [3.05, 3.63) is 0 Å². The average Bonchev–Trinajstić information content (AvgIpc) is 2.92. The molecule has 0 spiro atoms. The molecule has 0 radical (unpaired) electrons. The second-order valence-corrected chi connectivity index (χ2v) is 6.10. The van der Waals surface area contributed by atoms with Gasteiger partial charge >= 0.3 is 0 Å². The van der Waals surface area contributed by atoms with Gasteiger partial charge in [-0.2, -0.15) is 0 Å². The van der Waals surface area contributed by atoms with E-state index in [0.717, 1.165) is 19.5 Å². The number of amides is 2. The molecule has 4 atom stereocenters. The lowest BCUT2D eigenvalue weighted by atomic mass is 10.0. The highest BCUT2D eigenvalue weighted by molar-refractivity contribution is 8.14. The molecule has 3 saturated heterocycles. The Kier molecular flexibility index (Phi) is 2.78. The topological polar surface area (TPSA) is 61.4 Å². The van der Waals surface area contributed by atoms with Crippen molar-refractivity contribution in [1.82, 2.24) is 15.5 Å². The fourth-order valence-corrected chi connectivity index (χ4v) is 4.01. The molecule has 4 unspecified atom stereocenters. The zero-order valence-electron chi connectivity index (χ0n) is 9.81. The summed E-state index contributed by atoms with van der Waals surface area (Å²) in [6, 6.07) is 0.330. The van der Waals surface area contributed by atoms with Crippen molar-refractivity contribution in [2.75, 3.05) is 18.8 Å². The summed E-state index contributed by atoms with van der Waals surface area (Å²) in [6.45, 7) is 4.03. The molecule has 3 aliphatic rings. The second kappa shape index (κ2) is 4.17. The summed E-state index contributed by atoms with van der Waals surface area (Å²) in [5.74, 6) is 1.27. The first-order valence-corrected chi connectivity index (χ1v) is 7.11. The van der Waals surface area contributed by atoms with Gasteiger partial charge in [0.15, 0.2) is 0 Å². The van der Waals surface area contributed by atoms with Crippen molar-refractivity contribution >= 4 is 22.9 Å². The monoisotopic (exact) mass is 255 g/mol. The molecule has 2 N–H and O–H groups in total. The van der Waals surface area contributed by atoms with Crippen LogP contribution in [0.5, 0.6) is 0 Å². The highest BCUT2D eigenvalue weighted by atomic mass is 32.2. The van der Waals surface area contributed by atoms with E-state index in [1.165, 1.54) is 11.8 Å². The number of carbonyl (C=O) groups excluding carboxylic acids is 2. The highest BCUT2D eigenvalue weighted by Crippen LogP contribution is 2.33. The summed E-state index contributed by atoms with van der Waals surface area (Å²) in [5, 5.41) is 6.01. The molecule has 3 aliphatic heterocycles. The van der Waals surface area contributed by atoms with Gasteiger partial charge in [-0.1, -0.05) is 11.8 Å². The summed E-state index contributed by atoms with van der Waals surface area (Å²) in [7, 11) is 0. The van der Waals surface area contributed by atoms with Gasteiger partial charge in [0.05, 0.1) is 0 Å². The predicted molar refractivity (Wildman–Crippen MR) is 65.9 cm³/mol. The van der Waals surface area contributed by atoms with E-state index < -0.39 is 0 Å². The van der Waals surface area contributed by atoms with Gasteiger partial charge in [-0.3, -0.25) is 9.59 Å². The Morgan fingerprint density at radius 2 is 2.29 bits per heavy atom. The normalized spacial score (nSPS) is 40.5. The summed E-state index contributed by atoms with van der Waals surface area (Å²) >= 11 is 1.21. The Labute approximate surface area is 105 Å². The van der Waals surface area contributed by atoms with Crippen LogP contribution in [0.4, 0.5) is 4.79 Å². The third-order valence-electron chi connectivity index (χ3n) is 4.01. The molecule has 94 valence electrons. The van der Waals surface area contributed by atoms with Gasteiger partial charge in [0.25, 0.3) is 5.24 Å². The molecule has 17 heavy (non-hydrogen) atoms. The molecular formula is C11H17N3O2S. The number of rotatable bonds is 1. The van der Waals surface area contributed by atoms with Crippen molar-refractivity contribution in [2.45, 2.75) is 31.5 Å². The van der Waals surface area contributed by atoms with Crippen LogP contribution in [-0.4, -0.2) is 53.0 Å². The molecule has 2 amide bonds. The Balaban J connectivity index is 1.74. The molecule has 0 aromatic heterocycles. The Hall–Kier alpha value is -0.750. The van der Waals surface area contributed by atoms with Crippen LogP contribution in [0.2, 0.25) is 0 Å². The third-order valence-corrected chi connectivity index (χ3v) is 4.89. The minimum atomic E-state index is -0.311. The van der Waals surface area contributed by atoms with Gasteiger partial charge in [0, 0.05) is 30.9 Å².